The van der Waals surface area contributed by atoms with Crippen molar-refractivity contribution in [1.82, 2.24) is 0 Å². The normalized spacial score (nSPS) is 14.1. The van der Waals surface area contributed by atoms with Gasteiger partial charge < -0.3 is 0 Å². The van der Waals surface area contributed by atoms with E-state index in [0.717, 1.165) is 118 Å². The third kappa shape index (κ3) is 14.0. The van der Waals surface area contributed by atoms with E-state index in [2.05, 4.69) is 182 Å². The summed E-state index contributed by atoms with van der Waals surface area (Å²) in [7, 11) is 0. The van der Waals surface area contributed by atoms with Crippen LogP contribution in [0, 0.1) is 0 Å². The SMILES string of the molecule is [2H]c1c([2H])c([2H])c2c(-c3cc4sc5ccc6ccccc6c5c4c4ccccc34)c3c([2H])c([2H])c([2H])c([2H])c3c(-c3ccc(-c4cccc5ccccc45)cc3)c2c1[2H].[2H]c1c([2H])c([2H])c2c(-c3ccc(-c4cc5sc6ccc7ccccc7c6c5c5ccccc45)cc3)c3c([2H])c([2H])c([2H])c([2H])c3c(-c3ccccc3)c2c1[2H].[2H]c1c([2H])c([2H])c2c(-c3cccc4ccccc34)c3c([2H])c([2H])c([2H])c([2H])c3c(-c3ccc(-c4cc5sc6ccc7ccccc7c6c5c5ccccc45)cc3)c2c1[2H]. The van der Waals surface area contributed by atoms with E-state index in [0.29, 0.717) is 66.8 Å². The molecule has 0 atom stereocenters. The highest BCUT2D eigenvalue weighted by Gasteiger charge is 2.27. The number of rotatable bonds is 9. The number of hydrogen-bond acceptors (Lipinski definition) is 3. The van der Waals surface area contributed by atoms with Gasteiger partial charge in [0, 0.05) is 60.5 Å². The molecule has 690 valence electrons. The number of fused-ring (bicyclic) bond motifs is 29. The summed E-state index contributed by atoms with van der Waals surface area (Å²) in [5.74, 6) is 0. The van der Waals surface area contributed by atoms with Crippen molar-refractivity contribution in [1.29, 1.82) is 0 Å². The summed E-state index contributed by atoms with van der Waals surface area (Å²) in [6.45, 7) is 0. The molecule has 3 heteroatoms. The molecule has 0 saturated heterocycles. The van der Waals surface area contributed by atoms with Crippen molar-refractivity contribution in [2.24, 2.45) is 0 Å². The van der Waals surface area contributed by atoms with Crippen molar-refractivity contribution in [2.75, 3.05) is 0 Å². The summed E-state index contributed by atoms with van der Waals surface area (Å²) < 4.78 is 225. The molecule has 0 unspecified atom stereocenters. The molecule has 0 amide bonds. The highest BCUT2D eigenvalue weighted by molar-refractivity contribution is 7.27. The molecule has 0 bridgehead atoms. The van der Waals surface area contributed by atoms with Gasteiger partial charge in [-0.25, -0.2) is 0 Å². The molecule has 0 N–H and O–H groups in total. The van der Waals surface area contributed by atoms with Crippen molar-refractivity contribution < 1.29 is 32.9 Å². The first kappa shape index (κ1) is 65.1. The van der Waals surface area contributed by atoms with Crippen LogP contribution in [0.1, 0.15) is 32.9 Å². The fourth-order valence-corrected chi connectivity index (χ4v) is 27.0. The Hall–Kier alpha value is -18.3. The predicted molar refractivity (Wildman–Crippen MR) is 652 cm³/mol. The van der Waals surface area contributed by atoms with Crippen LogP contribution in [0.25, 0.3) is 311 Å². The quantitative estimate of drug-likeness (QED) is 0.126. The van der Waals surface area contributed by atoms with Crippen molar-refractivity contribution in [3.63, 3.8) is 0 Å². The molecule has 0 saturated carbocycles. The Morgan fingerprint density at radius 1 is 0.121 bits per heavy atom. The van der Waals surface area contributed by atoms with Gasteiger partial charge in [-0.15, -0.1) is 34.0 Å². The second-order valence-electron chi connectivity index (χ2n) is 37.7. The van der Waals surface area contributed by atoms with Crippen LogP contribution >= 0.6 is 34.0 Å². The Morgan fingerprint density at radius 3 is 0.651 bits per heavy atom. The van der Waals surface area contributed by atoms with E-state index in [1.807, 2.05) is 182 Å². The lowest BCUT2D eigenvalue weighted by atomic mass is 9.84. The molecule has 32 aromatic rings. The van der Waals surface area contributed by atoms with Crippen molar-refractivity contribution in [2.45, 2.75) is 0 Å². The van der Waals surface area contributed by atoms with Crippen molar-refractivity contribution >= 4 is 245 Å². The fourth-order valence-electron chi connectivity index (χ4n) is 23.4. The highest BCUT2D eigenvalue weighted by atomic mass is 32.1. The lowest BCUT2D eigenvalue weighted by molar-refractivity contribution is 1.63. The number of thiophene rings is 3. The minimum atomic E-state index is -0.418. The molecule has 0 spiro atoms. The van der Waals surface area contributed by atoms with Gasteiger partial charge in [0.15, 0.2) is 0 Å². The van der Waals surface area contributed by atoms with Gasteiger partial charge in [-0.05, 0) is 287 Å². The molecule has 32 rings (SSSR count). The van der Waals surface area contributed by atoms with Gasteiger partial charge in [-0.2, -0.15) is 0 Å². The first-order valence-corrected chi connectivity index (χ1v) is 51.9. The van der Waals surface area contributed by atoms with E-state index >= 15 is 0 Å². The number of hydrogen-bond donors (Lipinski definition) is 0. The Kier molecular flexibility index (Phi) is 15.4. The lowest BCUT2D eigenvalue weighted by Crippen LogP contribution is -1.92. The van der Waals surface area contributed by atoms with Crippen LogP contribution in [-0.2, 0) is 0 Å². The Labute approximate surface area is 905 Å². The summed E-state index contributed by atoms with van der Waals surface area (Å²) in [6, 6.07) is 121. The molecule has 3 aromatic heterocycles. The van der Waals surface area contributed by atoms with E-state index in [1.165, 1.54) is 61.9 Å². The van der Waals surface area contributed by atoms with Crippen molar-refractivity contribution in [3.8, 4) is 100 Å². The molecule has 29 aromatic carbocycles. The molecule has 0 aliphatic heterocycles. The molecule has 0 radical (unpaired) electrons. The summed E-state index contributed by atoms with van der Waals surface area (Å²) in [5, 5.41) is 26.9. The van der Waals surface area contributed by atoms with E-state index in [-0.39, 0.29) is 137 Å². The van der Waals surface area contributed by atoms with Gasteiger partial charge in [-0.3, -0.25) is 0 Å². The molecule has 0 aliphatic carbocycles. The summed E-state index contributed by atoms with van der Waals surface area (Å²) in [5.41, 5.74) is 11.6. The zero-order valence-corrected chi connectivity index (χ0v) is 81.6. The van der Waals surface area contributed by atoms with Crippen molar-refractivity contribution in [3.05, 3.63) is 533 Å². The molecule has 149 heavy (non-hydrogen) atoms. The second-order valence-corrected chi connectivity index (χ2v) is 41.0. The monoisotopic (exact) mass is 1960 g/mol. The summed E-state index contributed by atoms with van der Waals surface area (Å²) in [4.78, 5) is 0. The fraction of sp³-hybridized carbons (Fsp3) is 0. The first-order chi connectivity index (χ1) is 83.9. The Bertz CT molecular complexity index is 12500. The standard InChI is InChI=1S/2C50H30S.C46H28S/c1-3-15-35-31(12-1)14-11-23-36(35)33-24-26-34(27-25-33)47-40-19-7-9-21-42(40)48(43-22-10-8-20-41(43)47)44-30-46-50(39-18-6-5-17-38(39)44)49-37-16-4-2-13-32(37)28-29-45(49)51-46;1-3-15-35-31(12-1)14-11-23-38(35)48-42-21-9-7-19-40(42)47(41-20-8-10-22-43(41)48)34-26-24-33(25-27-34)44-30-46-50(39-18-6-5-17-37(39)44)49-36-16-4-2-13-32(36)28-29-45(49)51-46;1-2-13-31(14-3-1)43-36-18-8-10-20-38(36)44(39-21-11-9-19-37(39)43)32-24-22-30(23-25-32)40-28-42-46(35-17-7-6-16-34(35)40)45-33-15-5-4-12-29(33)26-27-41(45)47-42/h2*1-30H;1-28H/i2*7D,8D,9D,10D,19D,20D,21D,22D;8D,9D,10D,11D,18D,19D,20D,21D. The van der Waals surface area contributed by atoms with E-state index < -0.39 is 72.5 Å². The first-order valence-electron chi connectivity index (χ1n) is 61.4. The van der Waals surface area contributed by atoms with E-state index in [4.69, 9.17) is 19.2 Å². The van der Waals surface area contributed by atoms with Crippen LogP contribution in [0.5, 0.6) is 0 Å². The third-order valence-electron chi connectivity index (χ3n) is 29.9. The zero-order valence-electron chi connectivity index (χ0n) is 103. The summed E-state index contributed by atoms with van der Waals surface area (Å²) >= 11 is 5.18. The minimum Gasteiger partial charge on any atom is -0.135 e. The van der Waals surface area contributed by atoms with Crippen LogP contribution in [0.4, 0.5) is 0 Å². The summed E-state index contributed by atoms with van der Waals surface area (Å²) in [6.07, 6.45) is 0. The zero-order chi connectivity index (χ0) is 119. The minimum absolute atomic E-state index is 0.202. The molecule has 0 fully saturated rings. The third-order valence-corrected chi connectivity index (χ3v) is 33.2. The predicted octanol–water partition coefficient (Wildman–Crippen LogP) is 43.3. The molecular weight excluding hydrogens is 1850 g/mol. The van der Waals surface area contributed by atoms with E-state index in [1.54, 1.807) is 58.3 Å². The van der Waals surface area contributed by atoms with Gasteiger partial charge in [0.25, 0.3) is 0 Å². The van der Waals surface area contributed by atoms with Crippen LogP contribution in [0.3, 0.4) is 0 Å². The molecule has 0 nitrogen and oxygen atoms in total. The molecule has 0 aliphatic rings. The maximum absolute atomic E-state index is 9.56. The maximum atomic E-state index is 9.56. The van der Waals surface area contributed by atoms with E-state index in [9.17, 15) is 13.7 Å². The van der Waals surface area contributed by atoms with Crippen LogP contribution in [0.15, 0.2) is 533 Å². The topological polar surface area (TPSA) is 0 Å². The Morgan fingerprint density at radius 2 is 0.329 bits per heavy atom. The maximum Gasteiger partial charge on any atom is 0.0629 e. The average molecular weight is 1960 g/mol. The molecular formula is C146H88S3. The highest BCUT2D eigenvalue weighted by Crippen LogP contribution is 2.55. The molecule has 3 heterocycles. The van der Waals surface area contributed by atoms with Gasteiger partial charge in [0.05, 0.1) is 32.9 Å². The van der Waals surface area contributed by atoms with Gasteiger partial charge in [0.2, 0.25) is 0 Å². The number of benzene rings is 29. The lowest BCUT2D eigenvalue weighted by Gasteiger charge is -2.19. The van der Waals surface area contributed by atoms with Crippen LogP contribution in [-0.4, -0.2) is 0 Å². The second kappa shape index (κ2) is 35.3. The van der Waals surface area contributed by atoms with Gasteiger partial charge >= 0.3 is 0 Å². The largest absolute Gasteiger partial charge is 0.135 e. The smallest absolute Gasteiger partial charge is 0.0629 e. The van der Waals surface area contributed by atoms with Gasteiger partial charge in [-0.1, -0.05) is 497 Å². The van der Waals surface area contributed by atoms with Crippen LogP contribution in [0.2, 0.25) is 0 Å². The average Bonchev–Trinajstić information content (AvgIpc) is 1.40. The Balaban J connectivity index is 0.000000114. The van der Waals surface area contributed by atoms with Crippen LogP contribution < -0.4 is 0 Å². The van der Waals surface area contributed by atoms with Gasteiger partial charge in [0.1, 0.15) is 0 Å².